The number of carbonyl (C=O) groups excluding carboxylic acids is 1. The number of aromatic nitrogens is 1. The molecule has 3 nitrogen and oxygen atoms in total. The molecule has 19 heavy (non-hydrogen) atoms. The van der Waals surface area contributed by atoms with Gasteiger partial charge in [0.05, 0.1) is 10.2 Å². The van der Waals surface area contributed by atoms with Gasteiger partial charge >= 0.3 is 0 Å². The summed E-state index contributed by atoms with van der Waals surface area (Å²) in [5.41, 5.74) is 0.886. The van der Waals surface area contributed by atoms with E-state index >= 15 is 0 Å². The van der Waals surface area contributed by atoms with E-state index in [1.807, 2.05) is 19.1 Å². The lowest BCUT2D eigenvalue weighted by molar-refractivity contribution is -0.108. The Bertz CT molecular complexity index is 601. The molecule has 5 heteroatoms. The number of hydrogen-bond donors (Lipinski definition) is 0. The lowest BCUT2D eigenvalue weighted by Gasteiger charge is -2.14. The number of aldehydes is 1. The van der Waals surface area contributed by atoms with Crippen molar-refractivity contribution in [3.05, 3.63) is 31.5 Å². The molecule has 1 atom stereocenters. The van der Waals surface area contributed by atoms with Gasteiger partial charge in [0.1, 0.15) is 11.8 Å². The van der Waals surface area contributed by atoms with Gasteiger partial charge in [-0.15, -0.1) is 0 Å². The van der Waals surface area contributed by atoms with Gasteiger partial charge < -0.3 is 9.53 Å². The summed E-state index contributed by atoms with van der Waals surface area (Å²) in [4.78, 5) is 14.9. The number of fused-ring (bicyclic) bond motifs is 1. The Hall–Kier alpha value is -0.440. The highest BCUT2D eigenvalue weighted by atomic mass is 127. The maximum atomic E-state index is 10.5. The second kappa shape index (κ2) is 6.83. The molecule has 2 aromatic rings. The van der Waals surface area contributed by atoms with Gasteiger partial charge in [-0.05, 0) is 63.2 Å². The van der Waals surface area contributed by atoms with E-state index in [1.165, 1.54) is 3.57 Å². The number of carbonyl (C=O) groups is 1. The van der Waals surface area contributed by atoms with E-state index in [1.54, 1.807) is 6.20 Å². The van der Waals surface area contributed by atoms with Crippen molar-refractivity contribution in [3.63, 3.8) is 0 Å². The van der Waals surface area contributed by atoms with Crippen LogP contribution in [-0.4, -0.2) is 17.9 Å². The minimum atomic E-state index is 0.214. The third kappa shape index (κ3) is 3.56. The zero-order valence-electron chi connectivity index (χ0n) is 10.4. The maximum absolute atomic E-state index is 10.5. The summed E-state index contributed by atoms with van der Waals surface area (Å²) in [5.74, 6) is 1.03. The number of rotatable bonds is 5. The van der Waals surface area contributed by atoms with Crippen LogP contribution >= 0.6 is 45.2 Å². The highest BCUT2D eigenvalue weighted by Gasteiger charge is 2.13. The van der Waals surface area contributed by atoms with E-state index in [0.717, 1.165) is 26.5 Å². The maximum Gasteiger partial charge on any atom is 0.158 e. The molecule has 0 aliphatic heterocycles. The first-order valence-electron chi connectivity index (χ1n) is 5.92. The Kier molecular flexibility index (Phi) is 5.37. The summed E-state index contributed by atoms with van der Waals surface area (Å²) in [6, 6.07) is 6.06. The van der Waals surface area contributed by atoms with E-state index in [4.69, 9.17) is 4.74 Å². The molecule has 0 aliphatic rings. The number of nitrogens with zero attached hydrogens (tertiary/aromatic N) is 1. The molecule has 0 N–H and O–H groups in total. The molecule has 0 fully saturated rings. The van der Waals surface area contributed by atoms with E-state index in [-0.39, 0.29) is 5.92 Å². The van der Waals surface area contributed by atoms with Gasteiger partial charge in [0.2, 0.25) is 0 Å². The molecule has 0 spiro atoms. The summed E-state index contributed by atoms with van der Waals surface area (Å²) in [6.45, 7) is 2.53. The molecule has 1 heterocycles. The normalized spacial score (nSPS) is 12.4. The number of hydrogen-bond acceptors (Lipinski definition) is 3. The van der Waals surface area contributed by atoms with Crippen molar-refractivity contribution in [1.82, 2.24) is 4.98 Å². The van der Waals surface area contributed by atoms with Crippen molar-refractivity contribution in [3.8, 4) is 5.75 Å². The van der Waals surface area contributed by atoms with Crippen LogP contribution in [-0.2, 0) is 4.79 Å². The topological polar surface area (TPSA) is 39.2 Å². The van der Waals surface area contributed by atoms with E-state index in [0.29, 0.717) is 13.0 Å². The molecule has 1 unspecified atom stereocenters. The highest BCUT2D eigenvalue weighted by molar-refractivity contribution is 14.1. The summed E-state index contributed by atoms with van der Waals surface area (Å²) in [5, 5.41) is 1.10. The average molecular weight is 481 g/mol. The predicted octanol–water partition coefficient (Wildman–Crippen LogP) is 4.05. The van der Waals surface area contributed by atoms with Gasteiger partial charge in [0.25, 0.3) is 0 Å². The molecular formula is C14H13I2NO2. The van der Waals surface area contributed by atoms with E-state index in [2.05, 4.69) is 56.2 Å². The number of pyridine rings is 1. The van der Waals surface area contributed by atoms with Crippen molar-refractivity contribution >= 4 is 62.4 Å². The summed E-state index contributed by atoms with van der Waals surface area (Å²) >= 11 is 4.57. The molecule has 1 aromatic heterocycles. The van der Waals surface area contributed by atoms with Gasteiger partial charge in [-0.1, -0.05) is 13.0 Å². The Balaban J connectivity index is 2.34. The number of ether oxygens (including phenoxy) is 1. The lowest BCUT2D eigenvalue weighted by atomic mass is 10.1. The molecule has 0 radical (unpaired) electrons. The van der Waals surface area contributed by atoms with Crippen molar-refractivity contribution in [2.45, 2.75) is 13.3 Å². The summed E-state index contributed by atoms with van der Waals surface area (Å²) in [6.07, 6.45) is 3.23. The lowest BCUT2D eigenvalue weighted by Crippen LogP contribution is -2.10. The van der Waals surface area contributed by atoms with E-state index in [9.17, 15) is 4.79 Å². The standard InChI is InChI=1S/C14H13I2NO2/c1-9(4-6-18)8-19-14-12(16)7-11(15)10-3-2-5-17-13(10)14/h2-3,5-7,9H,4,8H2,1H3. The van der Waals surface area contributed by atoms with Crippen LogP contribution in [0.3, 0.4) is 0 Å². The smallest absolute Gasteiger partial charge is 0.158 e. The van der Waals surface area contributed by atoms with Crippen molar-refractivity contribution in [2.75, 3.05) is 6.61 Å². The fourth-order valence-electron chi connectivity index (χ4n) is 1.74. The van der Waals surface area contributed by atoms with Gasteiger partial charge in [0, 0.05) is 21.6 Å². The van der Waals surface area contributed by atoms with Crippen molar-refractivity contribution < 1.29 is 9.53 Å². The summed E-state index contributed by atoms with van der Waals surface area (Å²) < 4.78 is 8.10. The van der Waals surface area contributed by atoms with Crippen LogP contribution in [0.4, 0.5) is 0 Å². The Morgan fingerprint density at radius 2 is 2.21 bits per heavy atom. The van der Waals surface area contributed by atoms with Crippen molar-refractivity contribution in [2.24, 2.45) is 5.92 Å². The Morgan fingerprint density at radius 1 is 1.42 bits per heavy atom. The zero-order chi connectivity index (χ0) is 13.8. The average Bonchev–Trinajstić information content (AvgIpc) is 2.39. The predicted molar refractivity (Wildman–Crippen MR) is 92.5 cm³/mol. The van der Waals surface area contributed by atoms with E-state index < -0.39 is 0 Å². The minimum absolute atomic E-state index is 0.214. The molecule has 100 valence electrons. The monoisotopic (exact) mass is 481 g/mol. The SMILES string of the molecule is CC(CC=O)COc1c(I)cc(I)c2cccnc12. The Morgan fingerprint density at radius 3 is 2.95 bits per heavy atom. The van der Waals surface area contributed by atoms with Crippen LogP contribution in [0.25, 0.3) is 10.9 Å². The third-order valence-corrected chi connectivity index (χ3v) is 4.46. The fourth-order valence-corrected chi connectivity index (χ4v) is 3.81. The van der Waals surface area contributed by atoms with Gasteiger partial charge in [-0.3, -0.25) is 4.98 Å². The second-order valence-corrected chi connectivity index (χ2v) is 6.71. The van der Waals surface area contributed by atoms with Crippen LogP contribution in [0, 0.1) is 13.1 Å². The molecule has 0 saturated carbocycles. The largest absolute Gasteiger partial charge is 0.490 e. The zero-order valence-corrected chi connectivity index (χ0v) is 14.7. The molecule has 1 aromatic carbocycles. The van der Waals surface area contributed by atoms with Crippen molar-refractivity contribution in [1.29, 1.82) is 0 Å². The van der Waals surface area contributed by atoms with Crippen LogP contribution in [0.1, 0.15) is 13.3 Å². The molecule has 0 saturated heterocycles. The van der Waals surface area contributed by atoms with Crippen LogP contribution in [0.15, 0.2) is 24.4 Å². The first-order chi connectivity index (χ1) is 9.13. The highest BCUT2D eigenvalue weighted by Crippen LogP contribution is 2.33. The van der Waals surface area contributed by atoms with Crippen LogP contribution < -0.4 is 4.74 Å². The van der Waals surface area contributed by atoms with Gasteiger partial charge in [-0.25, -0.2) is 0 Å². The first-order valence-corrected chi connectivity index (χ1v) is 8.08. The van der Waals surface area contributed by atoms with Gasteiger partial charge in [-0.2, -0.15) is 0 Å². The quantitative estimate of drug-likeness (QED) is 0.478. The fraction of sp³-hybridized carbons (Fsp3) is 0.286. The third-order valence-electron chi connectivity index (χ3n) is 2.76. The molecule has 2 rings (SSSR count). The molecule has 0 aliphatic carbocycles. The summed E-state index contributed by atoms with van der Waals surface area (Å²) in [7, 11) is 0. The second-order valence-electron chi connectivity index (χ2n) is 4.39. The van der Waals surface area contributed by atoms with Gasteiger partial charge in [0.15, 0.2) is 5.75 Å². The number of benzene rings is 1. The molecular weight excluding hydrogens is 468 g/mol. The molecule has 0 bridgehead atoms. The molecule has 0 amide bonds. The Labute approximate surface area is 139 Å². The minimum Gasteiger partial charge on any atom is -0.490 e. The number of halogens is 2. The van der Waals surface area contributed by atoms with Crippen LogP contribution in [0.5, 0.6) is 5.75 Å². The van der Waals surface area contributed by atoms with Crippen LogP contribution in [0.2, 0.25) is 0 Å². The first kappa shape index (κ1) is 15.0.